The molecule has 41 heavy (non-hydrogen) atoms. The summed E-state index contributed by atoms with van der Waals surface area (Å²) in [5.41, 5.74) is -3.58. The summed E-state index contributed by atoms with van der Waals surface area (Å²) in [6, 6.07) is 7.69. The molecule has 3 fully saturated rings. The van der Waals surface area contributed by atoms with Gasteiger partial charge in [-0.2, -0.15) is 26.3 Å². The molecule has 1 aromatic carbocycles. The average Bonchev–Trinajstić information content (AvgIpc) is 3.54. The molecule has 222 valence electrons. The minimum atomic E-state index is -4.60. The van der Waals surface area contributed by atoms with Crippen molar-refractivity contribution < 1.29 is 41.0 Å². The number of benzene rings is 1. The number of alkyl halides is 6. The Labute approximate surface area is 232 Å². The van der Waals surface area contributed by atoms with Gasteiger partial charge in [0.15, 0.2) is 0 Å². The predicted molar refractivity (Wildman–Crippen MR) is 134 cm³/mol. The lowest BCUT2D eigenvalue weighted by Gasteiger charge is -2.41. The van der Waals surface area contributed by atoms with Gasteiger partial charge in [-0.15, -0.1) is 0 Å². The number of fused-ring (bicyclic) bond motifs is 1. The zero-order chi connectivity index (χ0) is 29.6. The monoisotopic (exact) mass is 584 g/mol. The quantitative estimate of drug-likeness (QED) is 0.511. The molecule has 1 aliphatic carbocycles. The van der Waals surface area contributed by atoms with Gasteiger partial charge in [-0.3, -0.25) is 14.5 Å². The van der Waals surface area contributed by atoms with Crippen LogP contribution in [0.2, 0.25) is 0 Å². The lowest BCUT2D eigenvalue weighted by atomic mass is 9.79. The van der Waals surface area contributed by atoms with E-state index in [1.807, 2.05) is 0 Å². The third-order valence-electron chi connectivity index (χ3n) is 8.56. The third-order valence-corrected chi connectivity index (χ3v) is 8.56. The summed E-state index contributed by atoms with van der Waals surface area (Å²) in [4.78, 5) is 33.1. The number of likely N-dealkylation sites (tertiary alicyclic amines) is 2. The van der Waals surface area contributed by atoms with Crippen LogP contribution in [0.1, 0.15) is 65.8 Å². The Balaban J connectivity index is 1.15. The van der Waals surface area contributed by atoms with Crippen LogP contribution in [0.5, 0.6) is 0 Å². The van der Waals surface area contributed by atoms with Crippen LogP contribution in [-0.2, 0) is 22.7 Å². The van der Waals surface area contributed by atoms with Crippen molar-refractivity contribution >= 4 is 11.8 Å². The molecule has 2 atom stereocenters. The number of rotatable bonds is 5. The summed E-state index contributed by atoms with van der Waals surface area (Å²) in [7, 11) is 0. The number of carbonyl (C=O) groups is 2. The first-order valence-corrected chi connectivity index (χ1v) is 13.5. The molecular formula is C28H30F6N4O3. The Hall–Kier alpha value is -3.19. The molecule has 2 aliphatic heterocycles. The van der Waals surface area contributed by atoms with Gasteiger partial charge in [0.05, 0.1) is 17.8 Å². The molecule has 1 saturated carbocycles. The molecule has 3 heterocycles. The van der Waals surface area contributed by atoms with E-state index in [9.17, 15) is 41.0 Å². The highest BCUT2D eigenvalue weighted by atomic mass is 19.4. The van der Waals surface area contributed by atoms with Crippen LogP contribution in [0.15, 0.2) is 42.5 Å². The fourth-order valence-electron chi connectivity index (χ4n) is 6.50. The van der Waals surface area contributed by atoms with Crippen molar-refractivity contribution in [1.29, 1.82) is 0 Å². The van der Waals surface area contributed by atoms with Crippen molar-refractivity contribution in [3.63, 3.8) is 0 Å². The van der Waals surface area contributed by atoms with Crippen molar-refractivity contribution in [2.24, 2.45) is 0 Å². The van der Waals surface area contributed by atoms with Crippen LogP contribution < -0.4 is 5.32 Å². The van der Waals surface area contributed by atoms with Crippen LogP contribution in [-0.4, -0.2) is 69.5 Å². The van der Waals surface area contributed by atoms with E-state index >= 15 is 0 Å². The van der Waals surface area contributed by atoms with E-state index in [-0.39, 0.29) is 54.7 Å². The fraction of sp³-hybridized carbons (Fsp3) is 0.536. The molecule has 2 aromatic rings. The van der Waals surface area contributed by atoms with E-state index in [0.29, 0.717) is 32.2 Å². The van der Waals surface area contributed by atoms with E-state index in [4.69, 9.17) is 0 Å². The molecule has 2 N–H and O–H groups in total. The topological polar surface area (TPSA) is 85.8 Å². The van der Waals surface area contributed by atoms with Gasteiger partial charge in [-0.1, -0.05) is 12.1 Å². The number of halogens is 6. The summed E-state index contributed by atoms with van der Waals surface area (Å²) >= 11 is 0. The first kappa shape index (κ1) is 29.3. The average molecular weight is 585 g/mol. The molecular weight excluding hydrogens is 554 g/mol. The van der Waals surface area contributed by atoms with Gasteiger partial charge >= 0.3 is 12.4 Å². The van der Waals surface area contributed by atoms with E-state index in [1.165, 1.54) is 18.2 Å². The lowest BCUT2D eigenvalue weighted by molar-refractivity contribution is -0.142. The molecule has 0 spiro atoms. The molecule has 0 radical (unpaired) electrons. The summed E-state index contributed by atoms with van der Waals surface area (Å²) in [5.74, 6) is -1.08. The normalized spacial score (nSPS) is 27.1. The summed E-state index contributed by atoms with van der Waals surface area (Å²) in [6.45, 7) is 0.869. The van der Waals surface area contributed by atoms with Crippen molar-refractivity contribution in [3.05, 3.63) is 65.0 Å². The SMILES string of the molecule is O=C(NCC(=O)N1CC[C@H]2[C@@H]1CCN2C1CCC(O)(c2cccc(C(F)(F)F)n2)CC1)c1cccc(C(F)(F)F)c1. The summed E-state index contributed by atoms with van der Waals surface area (Å²) in [5, 5.41) is 13.6. The number of hydrogen-bond acceptors (Lipinski definition) is 5. The minimum Gasteiger partial charge on any atom is -0.384 e. The van der Waals surface area contributed by atoms with E-state index in [0.717, 1.165) is 30.8 Å². The van der Waals surface area contributed by atoms with Gasteiger partial charge in [-0.25, -0.2) is 4.98 Å². The summed E-state index contributed by atoms with van der Waals surface area (Å²) in [6.07, 6.45) is -6.08. The smallest absolute Gasteiger partial charge is 0.384 e. The molecule has 13 heteroatoms. The molecule has 2 amide bonds. The van der Waals surface area contributed by atoms with Gasteiger partial charge in [0.2, 0.25) is 5.91 Å². The summed E-state index contributed by atoms with van der Waals surface area (Å²) < 4.78 is 78.2. The Morgan fingerprint density at radius 1 is 0.927 bits per heavy atom. The van der Waals surface area contributed by atoms with Crippen molar-refractivity contribution in [1.82, 2.24) is 20.1 Å². The van der Waals surface area contributed by atoms with Gasteiger partial charge in [0, 0.05) is 36.8 Å². The number of aromatic nitrogens is 1. The zero-order valence-electron chi connectivity index (χ0n) is 22.0. The maximum absolute atomic E-state index is 13.1. The molecule has 0 bridgehead atoms. The second kappa shape index (κ2) is 10.9. The highest BCUT2D eigenvalue weighted by molar-refractivity contribution is 5.96. The number of nitrogens with zero attached hydrogens (tertiary/aromatic N) is 3. The van der Waals surface area contributed by atoms with Gasteiger partial charge in [0.25, 0.3) is 5.91 Å². The number of carbonyl (C=O) groups excluding carboxylic acids is 2. The van der Waals surface area contributed by atoms with Crippen LogP contribution in [0.3, 0.4) is 0 Å². The number of hydrogen-bond donors (Lipinski definition) is 2. The minimum absolute atomic E-state index is 0.0230. The van der Waals surface area contributed by atoms with Crippen molar-refractivity contribution in [3.8, 4) is 0 Å². The molecule has 7 nitrogen and oxygen atoms in total. The van der Waals surface area contributed by atoms with Crippen LogP contribution in [0, 0.1) is 0 Å². The van der Waals surface area contributed by atoms with Crippen molar-refractivity contribution in [2.75, 3.05) is 19.6 Å². The highest BCUT2D eigenvalue weighted by Gasteiger charge is 2.48. The Kier molecular flexibility index (Phi) is 7.79. The fourth-order valence-corrected chi connectivity index (χ4v) is 6.50. The molecule has 0 unspecified atom stereocenters. The molecule has 3 aliphatic rings. The standard InChI is InChI=1S/C28H30F6N4O3/c29-27(30,31)18-4-1-3-17(15-18)25(40)35-16-24(39)38-14-10-20-21(38)9-13-37(20)19-7-11-26(41,12-8-19)22-5-2-6-23(36-22)28(32,33)34/h1-6,15,19-21,41H,7-14,16H2,(H,35,40)/t19?,20-,21-,26?/m0/s1. The second-order valence-corrected chi connectivity index (χ2v) is 11.0. The maximum atomic E-state index is 13.1. The zero-order valence-corrected chi connectivity index (χ0v) is 22.0. The first-order valence-electron chi connectivity index (χ1n) is 13.5. The van der Waals surface area contributed by atoms with E-state index in [1.54, 1.807) is 4.90 Å². The number of pyridine rings is 1. The first-order chi connectivity index (χ1) is 19.3. The largest absolute Gasteiger partial charge is 0.433 e. The number of nitrogens with one attached hydrogen (secondary N) is 1. The second-order valence-electron chi connectivity index (χ2n) is 11.0. The van der Waals surface area contributed by atoms with E-state index in [2.05, 4.69) is 15.2 Å². The molecule has 2 saturated heterocycles. The molecule has 5 rings (SSSR count). The Bertz CT molecular complexity index is 1290. The van der Waals surface area contributed by atoms with E-state index < -0.39 is 35.1 Å². The Morgan fingerprint density at radius 3 is 2.29 bits per heavy atom. The highest BCUT2D eigenvalue weighted by Crippen LogP contribution is 2.42. The van der Waals surface area contributed by atoms with Crippen LogP contribution >= 0.6 is 0 Å². The third kappa shape index (κ3) is 6.06. The number of amides is 2. The van der Waals surface area contributed by atoms with Crippen LogP contribution in [0.4, 0.5) is 26.3 Å². The number of aliphatic hydroxyl groups is 1. The van der Waals surface area contributed by atoms with Gasteiger partial charge in [0.1, 0.15) is 11.3 Å². The van der Waals surface area contributed by atoms with Gasteiger partial charge < -0.3 is 15.3 Å². The van der Waals surface area contributed by atoms with Crippen molar-refractivity contribution in [2.45, 2.75) is 74.6 Å². The van der Waals surface area contributed by atoms with Gasteiger partial charge in [-0.05, 0) is 68.9 Å². The van der Waals surface area contributed by atoms with Crippen LogP contribution in [0.25, 0.3) is 0 Å². The predicted octanol–water partition coefficient (Wildman–Crippen LogP) is 4.35. The molecule has 1 aromatic heterocycles. The Morgan fingerprint density at radius 2 is 1.61 bits per heavy atom. The lowest BCUT2D eigenvalue weighted by Crippen LogP contribution is -2.47. The maximum Gasteiger partial charge on any atom is 0.433 e.